The monoisotopic (exact) mass is 317 g/mol. The second kappa shape index (κ2) is 4.94. The molecule has 0 bridgehead atoms. The van der Waals surface area contributed by atoms with Gasteiger partial charge in [0.1, 0.15) is 5.65 Å². The molecule has 0 saturated heterocycles. The third kappa shape index (κ3) is 2.30. The van der Waals surface area contributed by atoms with E-state index in [0.29, 0.717) is 17.0 Å². The van der Waals surface area contributed by atoms with E-state index in [1.165, 1.54) is 12.8 Å². The van der Waals surface area contributed by atoms with Crippen LogP contribution in [0.1, 0.15) is 36.0 Å². The zero-order valence-electron chi connectivity index (χ0n) is 13.4. The Morgan fingerprint density at radius 3 is 2.62 bits per heavy atom. The highest BCUT2D eigenvalue weighted by Gasteiger charge is 2.53. The molecule has 1 aromatic carbocycles. The Bertz CT molecular complexity index is 916. The molecule has 2 aliphatic carbocycles. The normalized spacial score (nSPS) is 18.5. The van der Waals surface area contributed by atoms with Crippen molar-refractivity contribution in [2.75, 3.05) is 0 Å². The molecule has 1 N–H and O–H groups in total. The molecule has 2 heterocycles. The number of amides is 1. The first-order chi connectivity index (χ1) is 11.7. The molecule has 5 rings (SSSR count). The first kappa shape index (κ1) is 13.8. The van der Waals surface area contributed by atoms with E-state index in [9.17, 15) is 4.79 Å². The minimum Gasteiger partial charge on any atom is -0.349 e. The number of nitrogens with zero attached hydrogens (tertiary/aromatic N) is 2. The number of nitrogens with one attached hydrogen (secondary N) is 1. The molecular weight excluding hydrogens is 298 g/mol. The van der Waals surface area contributed by atoms with Crippen molar-refractivity contribution >= 4 is 11.6 Å². The Balaban J connectivity index is 1.38. The molecule has 1 amide bonds. The molecule has 0 aliphatic heterocycles. The number of hydrogen-bond acceptors (Lipinski definition) is 2. The van der Waals surface area contributed by atoms with E-state index >= 15 is 0 Å². The van der Waals surface area contributed by atoms with Gasteiger partial charge in [0, 0.05) is 24.0 Å². The van der Waals surface area contributed by atoms with Crippen LogP contribution in [0.2, 0.25) is 0 Å². The van der Waals surface area contributed by atoms with Crippen molar-refractivity contribution in [3.05, 3.63) is 60.4 Å². The Morgan fingerprint density at radius 1 is 1.08 bits per heavy atom. The predicted molar refractivity (Wildman–Crippen MR) is 92.8 cm³/mol. The van der Waals surface area contributed by atoms with Gasteiger partial charge in [0.05, 0.1) is 11.3 Å². The lowest BCUT2D eigenvalue weighted by Gasteiger charge is -2.36. The molecule has 2 aliphatic rings. The van der Waals surface area contributed by atoms with Crippen molar-refractivity contribution in [1.82, 2.24) is 14.7 Å². The summed E-state index contributed by atoms with van der Waals surface area (Å²) in [4.78, 5) is 17.1. The summed E-state index contributed by atoms with van der Waals surface area (Å²) in [6.45, 7) is 0. The maximum absolute atomic E-state index is 12.5. The highest BCUT2D eigenvalue weighted by atomic mass is 16.1. The van der Waals surface area contributed by atoms with Crippen molar-refractivity contribution in [2.45, 2.75) is 31.7 Å². The summed E-state index contributed by atoms with van der Waals surface area (Å²) in [5, 5.41) is 3.16. The van der Waals surface area contributed by atoms with E-state index in [1.807, 2.05) is 59.3 Å². The van der Waals surface area contributed by atoms with E-state index in [0.717, 1.165) is 29.7 Å². The molecule has 0 atom stereocenters. The van der Waals surface area contributed by atoms with E-state index in [1.54, 1.807) is 0 Å². The van der Waals surface area contributed by atoms with Crippen LogP contribution in [0.15, 0.2) is 54.9 Å². The summed E-state index contributed by atoms with van der Waals surface area (Å²) >= 11 is 0. The van der Waals surface area contributed by atoms with Crippen molar-refractivity contribution in [2.24, 2.45) is 5.41 Å². The van der Waals surface area contributed by atoms with Gasteiger partial charge in [-0.05, 0) is 43.2 Å². The quantitative estimate of drug-likeness (QED) is 0.801. The third-order valence-electron chi connectivity index (χ3n) is 5.43. The Hall–Kier alpha value is -2.62. The van der Waals surface area contributed by atoms with Gasteiger partial charge in [-0.2, -0.15) is 0 Å². The maximum atomic E-state index is 12.5. The average molecular weight is 317 g/mol. The van der Waals surface area contributed by atoms with Crippen LogP contribution in [0.25, 0.3) is 16.9 Å². The van der Waals surface area contributed by atoms with Crippen molar-refractivity contribution in [1.29, 1.82) is 0 Å². The number of carbonyl (C=O) groups excluding carboxylic acids is 1. The molecular formula is C20H19N3O. The largest absolute Gasteiger partial charge is 0.349 e. The summed E-state index contributed by atoms with van der Waals surface area (Å²) < 4.78 is 1.93. The van der Waals surface area contributed by atoms with Crippen LogP contribution in [0, 0.1) is 5.41 Å². The summed E-state index contributed by atoms with van der Waals surface area (Å²) in [5.41, 5.74) is 4.15. The fraction of sp³-hybridized carbons (Fsp3) is 0.300. The molecule has 0 unspecified atom stereocenters. The fourth-order valence-corrected chi connectivity index (χ4v) is 3.82. The number of carbonyl (C=O) groups is 1. The molecule has 2 aromatic heterocycles. The lowest BCUT2D eigenvalue weighted by molar-refractivity contribution is 0.0877. The van der Waals surface area contributed by atoms with Crippen molar-refractivity contribution < 1.29 is 4.79 Å². The van der Waals surface area contributed by atoms with Crippen LogP contribution in [0.5, 0.6) is 0 Å². The van der Waals surface area contributed by atoms with Gasteiger partial charge in [-0.25, -0.2) is 4.98 Å². The second-order valence-corrected chi connectivity index (χ2v) is 7.25. The Kier molecular flexibility index (Phi) is 2.84. The molecule has 4 heteroatoms. The standard InChI is InChI=1S/C20H19N3O/c24-19(21-16-10-20(11-16)8-9-20)15-6-7-18-22-17(13-23(18)12-15)14-4-2-1-3-5-14/h1-7,12-13,16H,8-11H2,(H,21,24). The van der Waals surface area contributed by atoms with E-state index < -0.39 is 0 Å². The van der Waals surface area contributed by atoms with Crippen LogP contribution >= 0.6 is 0 Å². The van der Waals surface area contributed by atoms with Crippen LogP contribution in [0.3, 0.4) is 0 Å². The summed E-state index contributed by atoms with van der Waals surface area (Å²) in [7, 11) is 0. The molecule has 0 radical (unpaired) electrons. The zero-order valence-corrected chi connectivity index (χ0v) is 13.4. The van der Waals surface area contributed by atoms with E-state index in [4.69, 9.17) is 0 Å². The SMILES string of the molecule is O=C(NC1CC2(CC2)C1)c1ccc2nc(-c3ccccc3)cn2c1. The average Bonchev–Trinajstić information content (AvgIpc) is 3.25. The third-order valence-corrected chi connectivity index (χ3v) is 5.43. The first-order valence-corrected chi connectivity index (χ1v) is 8.56. The zero-order chi connectivity index (χ0) is 16.1. The van der Waals surface area contributed by atoms with Gasteiger partial charge in [0.25, 0.3) is 5.91 Å². The predicted octanol–water partition coefficient (Wildman–Crippen LogP) is 3.67. The number of benzene rings is 1. The first-order valence-electron chi connectivity index (χ1n) is 8.56. The van der Waals surface area contributed by atoms with Gasteiger partial charge in [0.15, 0.2) is 0 Å². The second-order valence-electron chi connectivity index (χ2n) is 7.25. The number of fused-ring (bicyclic) bond motifs is 1. The molecule has 120 valence electrons. The maximum Gasteiger partial charge on any atom is 0.252 e. The highest BCUT2D eigenvalue weighted by molar-refractivity contribution is 5.94. The van der Waals surface area contributed by atoms with Gasteiger partial charge < -0.3 is 9.72 Å². The topological polar surface area (TPSA) is 46.4 Å². The number of rotatable bonds is 3. The minimum atomic E-state index is 0.0207. The lowest BCUT2D eigenvalue weighted by Crippen LogP contribution is -2.45. The van der Waals surface area contributed by atoms with Gasteiger partial charge in [0.2, 0.25) is 0 Å². The van der Waals surface area contributed by atoms with Gasteiger partial charge in [-0.3, -0.25) is 4.79 Å². The molecule has 4 nitrogen and oxygen atoms in total. The van der Waals surface area contributed by atoms with Gasteiger partial charge >= 0.3 is 0 Å². The number of imidazole rings is 1. The van der Waals surface area contributed by atoms with Crippen LogP contribution in [-0.2, 0) is 0 Å². The Labute approximate surface area is 140 Å². The van der Waals surface area contributed by atoms with Crippen LogP contribution in [0.4, 0.5) is 0 Å². The number of hydrogen-bond donors (Lipinski definition) is 1. The van der Waals surface area contributed by atoms with Gasteiger partial charge in [-0.15, -0.1) is 0 Å². The van der Waals surface area contributed by atoms with Crippen LogP contribution in [-0.4, -0.2) is 21.3 Å². The molecule has 24 heavy (non-hydrogen) atoms. The number of pyridine rings is 1. The summed E-state index contributed by atoms with van der Waals surface area (Å²) in [6, 6.07) is 14.2. The molecule has 3 aromatic rings. The minimum absolute atomic E-state index is 0.0207. The molecule has 2 saturated carbocycles. The number of aromatic nitrogens is 2. The molecule has 1 spiro atoms. The summed E-state index contributed by atoms with van der Waals surface area (Å²) in [5.74, 6) is 0.0207. The Morgan fingerprint density at radius 2 is 1.88 bits per heavy atom. The van der Waals surface area contributed by atoms with Crippen LogP contribution < -0.4 is 5.32 Å². The fourth-order valence-electron chi connectivity index (χ4n) is 3.82. The smallest absolute Gasteiger partial charge is 0.252 e. The highest BCUT2D eigenvalue weighted by Crippen LogP contribution is 2.60. The van der Waals surface area contributed by atoms with Gasteiger partial charge in [-0.1, -0.05) is 30.3 Å². The van der Waals surface area contributed by atoms with E-state index in [-0.39, 0.29) is 5.91 Å². The lowest BCUT2D eigenvalue weighted by atomic mass is 9.77. The van der Waals surface area contributed by atoms with E-state index in [2.05, 4.69) is 10.3 Å². The van der Waals surface area contributed by atoms with Crippen molar-refractivity contribution in [3.8, 4) is 11.3 Å². The molecule has 2 fully saturated rings. The van der Waals surface area contributed by atoms with Crippen molar-refractivity contribution in [3.63, 3.8) is 0 Å². The summed E-state index contributed by atoms with van der Waals surface area (Å²) in [6.07, 6.45) is 8.86.